The van der Waals surface area contributed by atoms with E-state index in [0.29, 0.717) is 17.1 Å². The molecule has 0 radical (unpaired) electrons. The van der Waals surface area contributed by atoms with Gasteiger partial charge in [0.25, 0.3) is 6.29 Å². The molecule has 1 saturated heterocycles. The van der Waals surface area contributed by atoms with Crippen LogP contribution in [0.2, 0.25) is 0 Å². The minimum absolute atomic E-state index is 0.0134. The van der Waals surface area contributed by atoms with Crippen LogP contribution in [-0.4, -0.2) is 24.3 Å². The Morgan fingerprint density at radius 1 is 1.24 bits per heavy atom. The zero-order valence-corrected chi connectivity index (χ0v) is 15.1. The van der Waals surface area contributed by atoms with Crippen molar-refractivity contribution in [2.24, 2.45) is 17.3 Å². The predicted molar refractivity (Wildman–Crippen MR) is 90.0 cm³/mol. The fourth-order valence-electron chi connectivity index (χ4n) is 4.61. The second kappa shape index (κ2) is 5.48. The molecule has 25 heavy (non-hydrogen) atoms. The minimum atomic E-state index is -0.758. The van der Waals surface area contributed by atoms with Crippen molar-refractivity contribution in [1.82, 2.24) is 0 Å². The van der Waals surface area contributed by atoms with Gasteiger partial charge in [0.05, 0.1) is 11.8 Å². The maximum atomic E-state index is 12.4. The van der Waals surface area contributed by atoms with E-state index < -0.39 is 6.29 Å². The predicted octanol–water partition coefficient (Wildman–Crippen LogP) is 3.41. The fraction of sp³-hybridized carbons (Fsp3) is 0.600. The Morgan fingerprint density at radius 3 is 2.68 bits per heavy atom. The molecule has 4 aliphatic rings. The first-order valence-corrected chi connectivity index (χ1v) is 8.97. The second-order valence-electron chi connectivity index (χ2n) is 8.23. The van der Waals surface area contributed by atoms with Crippen LogP contribution in [0, 0.1) is 17.3 Å². The maximum Gasteiger partial charge on any atom is 0.338 e. The number of carbonyl (C=O) groups excluding carboxylic acids is 2. The minimum Gasteiger partial charge on any atom is -0.458 e. The van der Waals surface area contributed by atoms with E-state index in [1.54, 1.807) is 13.0 Å². The molecule has 0 bridgehead atoms. The van der Waals surface area contributed by atoms with E-state index in [1.165, 1.54) is 23.8 Å². The number of cyclic esters (lactones) is 1. The van der Waals surface area contributed by atoms with Gasteiger partial charge in [0.15, 0.2) is 0 Å². The lowest BCUT2D eigenvalue weighted by atomic mass is 9.69. The standard InChI is InChI=1S/C20H24O5/c1-10-5-6-20(3,4)16-12(10)8-13-14(19(22)25-17(13)16)9-23-15-7-11(2)18(21)24-15/h7,9-10,13,15,17H,5-6,8H2,1-4H3. The van der Waals surface area contributed by atoms with Crippen molar-refractivity contribution in [2.75, 3.05) is 0 Å². The van der Waals surface area contributed by atoms with Crippen LogP contribution in [0.5, 0.6) is 0 Å². The van der Waals surface area contributed by atoms with Gasteiger partial charge in [0, 0.05) is 17.6 Å². The molecule has 2 aliphatic heterocycles. The summed E-state index contributed by atoms with van der Waals surface area (Å²) in [5.74, 6) is -0.153. The first kappa shape index (κ1) is 16.4. The van der Waals surface area contributed by atoms with Gasteiger partial charge < -0.3 is 14.2 Å². The summed E-state index contributed by atoms with van der Waals surface area (Å²) in [5, 5.41) is 0. The van der Waals surface area contributed by atoms with E-state index in [2.05, 4.69) is 20.8 Å². The first-order valence-electron chi connectivity index (χ1n) is 8.97. The zero-order valence-electron chi connectivity index (χ0n) is 15.1. The van der Waals surface area contributed by atoms with E-state index in [1.807, 2.05) is 0 Å². The summed E-state index contributed by atoms with van der Waals surface area (Å²) >= 11 is 0. The van der Waals surface area contributed by atoms with Crippen LogP contribution in [0.3, 0.4) is 0 Å². The Kier molecular flexibility index (Phi) is 3.60. The van der Waals surface area contributed by atoms with Gasteiger partial charge in [0.1, 0.15) is 6.10 Å². The number of carbonyl (C=O) groups is 2. The van der Waals surface area contributed by atoms with Crippen molar-refractivity contribution >= 4 is 11.9 Å². The average molecular weight is 344 g/mol. The topological polar surface area (TPSA) is 61.8 Å². The monoisotopic (exact) mass is 344 g/mol. The Morgan fingerprint density at radius 2 is 2.00 bits per heavy atom. The molecule has 5 nitrogen and oxygen atoms in total. The van der Waals surface area contributed by atoms with Gasteiger partial charge in [-0.05, 0) is 43.1 Å². The van der Waals surface area contributed by atoms with Gasteiger partial charge in [-0.25, -0.2) is 9.59 Å². The van der Waals surface area contributed by atoms with Crippen LogP contribution in [0.1, 0.15) is 47.0 Å². The molecule has 2 aliphatic carbocycles. The summed E-state index contributed by atoms with van der Waals surface area (Å²) in [6.45, 7) is 8.43. The molecule has 0 spiro atoms. The zero-order chi connectivity index (χ0) is 17.9. The SMILES string of the molecule is CC1=CC(OC=C2C(=O)OC3C4=C(CC23)C(C)CCC4(C)C)OC1=O. The lowest BCUT2D eigenvalue weighted by Crippen LogP contribution is -2.29. The molecule has 1 fully saturated rings. The molecule has 4 unspecified atom stereocenters. The highest BCUT2D eigenvalue weighted by Gasteiger charge is 2.53. The smallest absolute Gasteiger partial charge is 0.338 e. The Labute approximate surface area is 147 Å². The van der Waals surface area contributed by atoms with Crippen molar-refractivity contribution in [3.05, 3.63) is 34.6 Å². The Balaban J connectivity index is 1.57. The van der Waals surface area contributed by atoms with E-state index in [-0.39, 0.29) is 29.4 Å². The van der Waals surface area contributed by atoms with Crippen molar-refractivity contribution < 1.29 is 23.8 Å². The molecule has 0 aromatic rings. The summed E-state index contributed by atoms with van der Waals surface area (Å²) in [7, 11) is 0. The third-order valence-electron chi connectivity index (χ3n) is 6.09. The molecular weight excluding hydrogens is 320 g/mol. The molecule has 0 amide bonds. The molecule has 4 atom stereocenters. The van der Waals surface area contributed by atoms with Crippen LogP contribution >= 0.6 is 0 Å². The van der Waals surface area contributed by atoms with Crippen LogP contribution in [0.4, 0.5) is 0 Å². The third-order valence-corrected chi connectivity index (χ3v) is 6.09. The van der Waals surface area contributed by atoms with Crippen molar-refractivity contribution in [3.63, 3.8) is 0 Å². The molecule has 2 heterocycles. The summed E-state index contributed by atoms with van der Waals surface area (Å²) in [6, 6.07) is 0. The van der Waals surface area contributed by atoms with Gasteiger partial charge in [-0.3, -0.25) is 0 Å². The molecule has 0 N–H and O–H groups in total. The molecule has 0 aromatic carbocycles. The molecule has 0 saturated carbocycles. The number of ether oxygens (including phenoxy) is 3. The molecule has 4 rings (SSSR count). The maximum absolute atomic E-state index is 12.4. The van der Waals surface area contributed by atoms with E-state index in [9.17, 15) is 9.59 Å². The number of rotatable bonds is 2. The number of hydrogen-bond donors (Lipinski definition) is 0. The average Bonchev–Trinajstić information content (AvgIpc) is 3.15. The van der Waals surface area contributed by atoms with E-state index in [0.717, 1.165) is 12.8 Å². The highest BCUT2D eigenvalue weighted by molar-refractivity contribution is 5.92. The van der Waals surface area contributed by atoms with Gasteiger partial charge in [0.2, 0.25) is 0 Å². The summed E-state index contributed by atoms with van der Waals surface area (Å²) in [4.78, 5) is 23.8. The Hall–Kier alpha value is -2.04. The molecule has 0 aromatic heterocycles. The lowest BCUT2D eigenvalue weighted by molar-refractivity contribution is -0.152. The fourth-order valence-corrected chi connectivity index (χ4v) is 4.61. The van der Waals surface area contributed by atoms with Crippen molar-refractivity contribution in [3.8, 4) is 0 Å². The number of esters is 2. The second-order valence-corrected chi connectivity index (χ2v) is 8.23. The van der Waals surface area contributed by atoms with Gasteiger partial charge in [-0.15, -0.1) is 0 Å². The van der Waals surface area contributed by atoms with Crippen LogP contribution < -0.4 is 0 Å². The van der Waals surface area contributed by atoms with E-state index in [4.69, 9.17) is 14.2 Å². The largest absolute Gasteiger partial charge is 0.458 e. The van der Waals surface area contributed by atoms with Crippen LogP contribution in [0.15, 0.2) is 34.6 Å². The summed E-state index contributed by atoms with van der Waals surface area (Å²) < 4.78 is 16.3. The van der Waals surface area contributed by atoms with Crippen LogP contribution in [-0.2, 0) is 23.8 Å². The quantitative estimate of drug-likeness (QED) is 0.332. The van der Waals surface area contributed by atoms with Crippen molar-refractivity contribution in [1.29, 1.82) is 0 Å². The highest BCUT2D eigenvalue weighted by Crippen LogP contribution is 2.56. The number of hydrogen-bond acceptors (Lipinski definition) is 5. The van der Waals surface area contributed by atoms with Gasteiger partial charge in [-0.2, -0.15) is 0 Å². The third kappa shape index (κ3) is 2.52. The number of fused-ring (bicyclic) bond motifs is 2. The van der Waals surface area contributed by atoms with Crippen molar-refractivity contribution in [2.45, 2.75) is 59.4 Å². The van der Waals surface area contributed by atoms with Gasteiger partial charge >= 0.3 is 11.9 Å². The highest BCUT2D eigenvalue weighted by atomic mass is 16.7. The normalized spacial score (nSPS) is 37.6. The summed E-state index contributed by atoms with van der Waals surface area (Å²) in [6.07, 6.45) is 5.27. The lowest BCUT2D eigenvalue weighted by Gasteiger charge is -2.37. The van der Waals surface area contributed by atoms with Crippen LogP contribution in [0.25, 0.3) is 0 Å². The Bertz CT molecular complexity index is 739. The summed E-state index contributed by atoms with van der Waals surface area (Å²) in [5.41, 5.74) is 3.91. The van der Waals surface area contributed by atoms with Gasteiger partial charge in [-0.1, -0.05) is 26.3 Å². The molecule has 5 heteroatoms. The van der Waals surface area contributed by atoms with E-state index >= 15 is 0 Å². The molecular formula is C20H24O5. The molecule has 134 valence electrons. The number of allylic oxidation sites excluding steroid dienone is 1. The first-order chi connectivity index (χ1) is 11.8.